The molecule has 0 saturated heterocycles. The molecule has 1 heterocycles. The van der Waals surface area contributed by atoms with Crippen LogP contribution in [0.1, 0.15) is 39.7 Å². The Bertz CT molecular complexity index is 679. The summed E-state index contributed by atoms with van der Waals surface area (Å²) in [5, 5.41) is 0. The third kappa shape index (κ3) is 3.66. The van der Waals surface area contributed by atoms with Gasteiger partial charge in [0.2, 0.25) is 0 Å². The van der Waals surface area contributed by atoms with Crippen LogP contribution in [0.5, 0.6) is 0 Å². The fraction of sp³-hybridized carbons (Fsp3) is 0.421. The molecule has 0 amide bonds. The molecule has 118 valence electrons. The second kappa shape index (κ2) is 6.49. The van der Waals surface area contributed by atoms with Crippen molar-refractivity contribution in [2.75, 3.05) is 0 Å². The summed E-state index contributed by atoms with van der Waals surface area (Å²) in [6.07, 6.45) is 0.966. The van der Waals surface area contributed by atoms with E-state index in [1.165, 1.54) is 0 Å². The number of hydrogen-bond donors (Lipinski definition) is 1. The first kappa shape index (κ1) is 16.5. The number of nitrogens with two attached hydrogens (primary N) is 1. The maximum atomic E-state index is 12.9. The van der Waals surface area contributed by atoms with Crippen molar-refractivity contribution in [3.05, 3.63) is 58.4 Å². The van der Waals surface area contributed by atoms with E-state index in [1.807, 2.05) is 60.9 Å². The molecule has 0 fully saturated rings. The van der Waals surface area contributed by atoms with E-state index in [0.29, 0.717) is 18.0 Å². The molecule has 0 unspecified atom stereocenters. The Morgan fingerprint density at radius 2 is 1.73 bits per heavy atom. The zero-order valence-electron chi connectivity index (χ0n) is 14.0. The van der Waals surface area contributed by atoms with Crippen LogP contribution < -0.4 is 11.3 Å². The van der Waals surface area contributed by atoms with Crippen LogP contribution in [-0.4, -0.2) is 4.57 Å². The van der Waals surface area contributed by atoms with Crippen molar-refractivity contribution in [1.29, 1.82) is 0 Å². The third-order valence-corrected chi connectivity index (χ3v) is 3.87. The van der Waals surface area contributed by atoms with Gasteiger partial charge in [0, 0.05) is 17.6 Å². The number of hydrogen-bond acceptors (Lipinski definition) is 2. The molecular formula is C19H26N2O. The Hall–Kier alpha value is -1.87. The van der Waals surface area contributed by atoms with E-state index < -0.39 is 5.54 Å². The average molecular weight is 298 g/mol. The Morgan fingerprint density at radius 3 is 2.27 bits per heavy atom. The topological polar surface area (TPSA) is 48.0 Å². The van der Waals surface area contributed by atoms with E-state index in [2.05, 4.69) is 13.8 Å². The van der Waals surface area contributed by atoms with Gasteiger partial charge in [-0.05, 0) is 43.9 Å². The molecule has 0 aliphatic rings. The maximum absolute atomic E-state index is 12.9. The van der Waals surface area contributed by atoms with Crippen LogP contribution in [0.2, 0.25) is 0 Å². The molecule has 2 aromatic rings. The normalized spacial score (nSPS) is 11.9. The predicted molar refractivity (Wildman–Crippen MR) is 92.8 cm³/mol. The Kier molecular flexibility index (Phi) is 4.87. The summed E-state index contributed by atoms with van der Waals surface area (Å²) in [5.41, 5.74) is 8.23. The summed E-state index contributed by atoms with van der Waals surface area (Å²) in [5.74, 6) is 0.546. The fourth-order valence-electron chi connectivity index (χ4n) is 2.54. The minimum Gasteiger partial charge on any atom is -0.322 e. The van der Waals surface area contributed by atoms with Gasteiger partial charge in [-0.3, -0.25) is 4.79 Å². The molecule has 1 aromatic carbocycles. The van der Waals surface area contributed by atoms with Crippen molar-refractivity contribution in [2.24, 2.45) is 11.7 Å². The summed E-state index contributed by atoms with van der Waals surface area (Å²) >= 11 is 0. The quantitative estimate of drug-likeness (QED) is 0.913. The first-order valence-corrected chi connectivity index (χ1v) is 7.89. The van der Waals surface area contributed by atoms with Crippen molar-refractivity contribution in [1.82, 2.24) is 4.57 Å². The smallest absolute Gasteiger partial charge is 0.256 e. The summed E-state index contributed by atoms with van der Waals surface area (Å²) in [6.45, 7) is 8.80. The standard InChI is InChI=1S/C19H26N2O/c1-14(2)12-13-21-17(15-8-6-5-7-9-15)11-10-16(18(21)22)19(3,4)20/h5-11,14H,12-13,20H2,1-4H3. The Labute approximate surface area is 132 Å². The van der Waals surface area contributed by atoms with Crippen molar-refractivity contribution >= 4 is 0 Å². The molecule has 22 heavy (non-hydrogen) atoms. The van der Waals surface area contributed by atoms with Crippen LogP contribution in [-0.2, 0) is 12.1 Å². The van der Waals surface area contributed by atoms with Gasteiger partial charge in [0.15, 0.2) is 0 Å². The lowest BCUT2D eigenvalue weighted by atomic mass is 9.96. The maximum Gasteiger partial charge on any atom is 0.256 e. The molecule has 0 aliphatic heterocycles. The van der Waals surface area contributed by atoms with Gasteiger partial charge in [-0.25, -0.2) is 0 Å². The highest BCUT2D eigenvalue weighted by Crippen LogP contribution is 2.21. The van der Waals surface area contributed by atoms with Crippen LogP contribution in [0.25, 0.3) is 11.3 Å². The molecule has 2 N–H and O–H groups in total. The molecule has 1 aromatic heterocycles. The van der Waals surface area contributed by atoms with Crippen molar-refractivity contribution in [2.45, 2.75) is 46.2 Å². The Balaban J connectivity index is 2.59. The third-order valence-electron chi connectivity index (χ3n) is 3.87. The van der Waals surface area contributed by atoms with E-state index in [-0.39, 0.29) is 5.56 Å². The molecule has 0 radical (unpaired) electrons. The summed E-state index contributed by atoms with van der Waals surface area (Å²) < 4.78 is 1.87. The molecule has 0 aliphatic carbocycles. The predicted octanol–water partition coefficient (Wildman–Crippen LogP) is 3.76. The second-order valence-corrected chi connectivity index (χ2v) is 6.86. The first-order valence-electron chi connectivity index (χ1n) is 7.89. The van der Waals surface area contributed by atoms with Crippen molar-refractivity contribution < 1.29 is 0 Å². The number of rotatable bonds is 5. The van der Waals surface area contributed by atoms with Gasteiger partial charge in [-0.15, -0.1) is 0 Å². The number of nitrogens with zero attached hydrogens (tertiary/aromatic N) is 1. The number of pyridine rings is 1. The Morgan fingerprint density at radius 1 is 1.09 bits per heavy atom. The lowest BCUT2D eigenvalue weighted by Gasteiger charge is -2.22. The highest BCUT2D eigenvalue weighted by atomic mass is 16.1. The lowest BCUT2D eigenvalue weighted by Crippen LogP contribution is -2.38. The molecule has 0 bridgehead atoms. The van der Waals surface area contributed by atoms with E-state index in [0.717, 1.165) is 17.7 Å². The van der Waals surface area contributed by atoms with Gasteiger partial charge in [0.25, 0.3) is 5.56 Å². The highest BCUT2D eigenvalue weighted by molar-refractivity contribution is 5.59. The number of aromatic nitrogens is 1. The van der Waals surface area contributed by atoms with Gasteiger partial charge >= 0.3 is 0 Å². The molecular weight excluding hydrogens is 272 g/mol. The first-order chi connectivity index (χ1) is 10.3. The average Bonchev–Trinajstić information content (AvgIpc) is 2.45. The van der Waals surface area contributed by atoms with Crippen LogP contribution in [0, 0.1) is 5.92 Å². The minimum atomic E-state index is -0.633. The van der Waals surface area contributed by atoms with Crippen LogP contribution in [0.3, 0.4) is 0 Å². The number of benzene rings is 1. The zero-order chi connectivity index (χ0) is 16.3. The van der Waals surface area contributed by atoms with Gasteiger partial charge in [0.05, 0.1) is 5.69 Å². The van der Waals surface area contributed by atoms with Gasteiger partial charge < -0.3 is 10.3 Å². The molecule has 0 atom stereocenters. The van der Waals surface area contributed by atoms with E-state index in [1.54, 1.807) is 0 Å². The lowest BCUT2D eigenvalue weighted by molar-refractivity contribution is 0.493. The molecule has 3 heteroatoms. The summed E-state index contributed by atoms with van der Waals surface area (Å²) in [7, 11) is 0. The van der Waals surface area contributed by atoms with Crippen molar-refractivity contribution in [3.8, 4) is 11.3 Å². The molecule has 0 saturated carbocycles. The minimum absolute atomic E-state index is 0.0227. The van der Waals surface area contributed by atoms with Crippen molar-refractivity contribution in [3.63, 3.8) is 0 Å². The summed E-state index contributed by atoms with van der Waals surface area (Å²) in [6, 6.07) is 13.9. The fourth-order valence-corrected chi connectivity index (χ4v) is 2.54. The molecule has 0 spiro atoms. The van der Waals surface area contributed by atoms with Gasteiger partial charge in [-0.2, -0.15) is 0 Å². The van der Waals surface area contributed by atoms with Crippen LogP contribution in [0.15, 0.2) is 47.3 Å². The van der Waals surface area contributed by atoms with Gasteiger partial charge in [0.1, 0.15) is 0 Å². The monoisotopic (exact) mass is 298 g/mol. The highest BCUT2D eigenvalue weighted by Gasteiger charge is 2.21. The van der Waals surface area contributed by atoms with Gasteiger partial charge in [-0.1, -0.05) is 44.2 Å². The van der Waals surface area contributed by atoms with Crippen LogP contribution >= 0.6 is 0 Å². The van der Waals surface area contributed by atoms with E-state index >= 15 is 0 Å². The SMILES string of the molecule is CC(C)CCn1c(-c2ccccc2)ccc(C(C)(C)N)c1=O. The molecule has 3 nitrogen and oxygen atoms in total. The zero-order valence-corrected chi connectivity index (χ0v) is 14.0. The summed E-state index contributed by atoms with van der Waals surface area (Å²) in [4.78, 5) is 12.9. The van der Waals surface area contributed by atoms with Crippen LogP contribution in [0.4, 0.5) is 0 Å². The largest absolute Gasteiger partial charge is 0.322 e. The van der Waals surface area contributed by atoms with E-state index in [4.69, 9.17) is 5.73 Å². The second-order valence-electron chi connectivity index (χ2n) is 6.86. The molecule has 2 rings (SSSR count). The van der Waals surface area contributed by atoms with E-state index in [9.17, 15) is 4.79 Å².